The van der Waals surface area contributed by atoms with Crippen molar-refractivity contribution in [3.63, 3.8) is 0 Å². The Morgan fingerprint density at radius 3 is 1.11 bits per heavy atom. The zero-order chi connectivity index (χ0) is 37.9. The lowest BCUT2D eigenvalue weighted by Gasteiger charge is -2.39. The van der Waals surface area contributed by atoms with E-state index < -0.39 is 0 Å². The van der Waals surface area contributed by atoms with Crippen LogP contribution < -0.4 is 9.47 Å². The Morgan fingerprint density at radius 1 is 0.481 bits per heavy atom. The van der Waals surface area contributed by atoms with Gasteiger partial charge in [-0.05, 0) is 85.7 Å². The first-order valence-electron chi connectivity index (χ1n) is 18.3. The highest BCUT2D eigenvalue weighted by Gasteiger charge is 2.49. The SMILES string of the molecule is CN1C(=S)N2CC(CCOCCOCCOc3ccccc3OCCOCCOCCC3CN4C(=S)N(C)S5=C4N(C3)C(=S)N5C)CN3C(=S)N(C)S1=C23. The van der Waals surface area contributed by atoms with Crippen molar-refractivity contribution in [3.8, 4) is 11.5 Å². The molecule has 1 aromatic rings. The summed E-state index contributed by atoms with van der Waals surface area (Å²) < 4.78 is 43.9. The highest BCUT2D eigenvalue weighted by molar-refractivity contribution is 8.15. The lowest BCUT2D eigenvalue weighted by molar-refractivity contribution is 0.0283. The van der Waals surface area contributed by atoms with Crippen molar-refractivity contribution < 1.29 is 28.4 Å². The summed E-state index contributed by atoms with van der Waals surface area (Å²) in [7, 11) is 7.81. The Morgan fingerprint density at radius 2 is 0.778 bits per heavy atom. The molecule has 14 nitrogen and oxygen atoms in total. The third kappa shape index (κ3) is 8.15. The zero-order valence-corrected chi connectivity index (χ0v) is 36.2. The first kappa shape index (κ1) is 40.1. The molecule has 0 saturated carbocycles. The molecule has 6 aliphatic heterocycles. The largest absolute Gasteiger partial charge is 0.487 e. The van der Waals surface area contributed by atoms with Crippen LogP contribution in [0.2, 0.25) is 0 Å². The van der Waals surface area contributed by atoms with Gasteiger partial charge in [-0.2, -0.15) is 0 Å². The third-order valence-corrected chi connectivity index (χ3v) is 16.7. The standard InChI is InChI=1S/C34H50N8O6S6/c1-35-29(49)39-21-25(22-40-30(50)36(2)53(35)33(39)40)9-11-43-13-15-45-17-19-47-27-7-5-6-8-28(27)48-20-18-46-16-14-44-12-10-26-23-41-31(51)37(3)54-34(41)42(24-26)32(52)38(54)4/h5-8,25-26H,9-24H2,1-4H3. The molecule has 54 heavy (non-hydrogen) atoms. The molecule has 298 valence electrons. The Balaban J connectivity index is 0.698. The number of benzene rings is 1. The Labute approximate surface area is 345 Å². The molecule has 1 aromatic carbocycles. The minimum atomic E-state index is -0.206. The quantitative estimate of drug-likeness (QED) is 0.142. The number of thiocarbonyl (C=S) groups is 4. The maximum atomic E-state index is 5.95. The highest BCUT2D eigenvalue weighted by Crippen LogP contribution is 2.44. The summed E-state index contributed by atoms with van der Waals surface area (Å²) in [6.07, 6.45) is 1.88. The fourth-order valence-corrected chi connectivity index (χ4v) is 13.1. The van der Waals surface area contributed by atoms with Crippen molar-refractivity contribution in [1.29, 1.82) is 0 Å². The van der Waals surface area contributed by atoms with E-state index >= 15 is 0 Å². The second-order valence-corrected chi connectivity index (χ2v) is 19.0. The molecule has 0 radical (unpaired) electrons. The predicted octanol–water partition coefficient (Wildman–Crippen LogP) is 3.05. The number of hydrogen-bond acceptors (Lipinski definition) is 10. The van der Waals surface area contributed by atoms with E-state index in [0.29, 0.717) is 89.4 Å². The Bertz CT molecular complexity index is 1500. The van der Waals surface area contributed by atoms with Crippen LogP contribution in [0.5, 0.6) is 11.5 Å². The van der Waals surface area contributed by atoms with Crippen LogP contribution >= 0.6 is 70.6 Å². The molecular formula is C34H50N8O6S6. The summed E-state index contributed by atoms with van der Waals surface area (Å²) in [5.74, 6) is 2.20. The minimum Gasteiger partial charge on any atom is -0.487 e. The number of rotatable bonds is 20. The summed E-state index contributed by atoms with van der Waals surface area (Å²) in [6.45, 7) is 8.78. The number of para-hydroxylation sites is 2. The van der Waals surface area contributed by atoms with Crippen LogP contribution in [0.25, 0.3) is 0 Å². The first-order valence-corrected chi connectivity index (χ1v) is 22.2. The summed E-state index contributed by atoms with van der Waals surface area (Å²) >= 11 is 22.9. The lowest BCUT2D eigenvalue weighted by atomic mass is 10.0. The number of nitrogens with zero attached hydrogens (tertiary/aromatic N) is 8. The molecule has 2 saturated heterocycles. The van der Waals surface area contributed by atoms with Gasteiger partial charge in [0.1, 0.15) is 13.2 Å². The summed E-state index contributed by atoms with van der Waals surface area (Å²) in [5.41, 5.74) is 0. The van der Waals surface area contributed by atoms with Gasteiger partial charge in [0.2, 0.25) is 0 Å². The Kier molecular flexibility index (Phi) is 13.3. The summed E-state index contributed by atoms with van der Waals surface area (Å²) in [6, 6.07) is 7.65. The summed E-state index contributed by atoms with van der Waals surface area (Å²) in [4.78, 5) is 9.03. The smallest absolute Gasteiger partial charge is 0.188 e. The normalized spacial score (nSPS) is 20.6. The molecule has 0 atom stereocenters. The number of ether oxygens (including phenoxy) is 6. The molecule has 0 spiro atoms. The van der Waals surface area contributed by atoms with E-state index in [1.807, 2.05) is 24.3 Å². The predicted molar refractivity (Wildman–Crippen MR) is 230 cm³/mol. The van der Waals surface area contributed by atoms with Crippen LogP contribution in [0.1, 0.15) is 12.8 Å². The maximum Gasteiger partial charge on any atom is 0.188 e. The second kappa shape index (κ2) is 18.0. The van der Waals surface area contributed by atoms with Gasteiger partial charge in [0.15, 0.2) is 42.2 Å². The highest BCUT2D eigenvalue weighted by atomic mass is 32.2. The van der Waals surface area contributed by atoms with E-state index in [9.17, 15) is 0 Å². The van der Waals surface area contributed by atoms with E-state index in [4.69, 9.17) is 77.3 Å². The van der Waals surface area contributed by atoms with Crippen LogP contribution in [-0.2, 0) is 18.9 Å². The average molecular weight is 859 g/mol. The van der Waals surface area contributed by atoms with Gasteiger partial charge in [-0.3, -0.25) is 36.8 Å². The van der Waals surface area contributed by atoms with E-state index in [0.717, 1.165) is 59.5 Å². The first-order chi connectivity index (χ1) is 26.2. The molecule has 0 aromatic heterocycles. The molecule has 2 fully saturated rings. The van der Waals surface area contributed by atoms with Gasteiger partial charge in [-0.1, -0.05) is 12.1 Å². The average Bonchev–Trinajstić information content (AvgIpc) is 3.78. The fourth-order valence-electron chi connectivity index (χ4n) is 7.24. The number of hydrogen-bond donors (Lipinski definition) is 0. The van der Waals surface area contributed by atoms with E-state index in [2.05, 4.69) is 65.0 Å². The van der Waals surface area contributed by atoms with E-state index in [-0.39, 0.29) is 21.7 Å². The van der Waals surface area contributed by atoms with Crippen molar-refractivity contribution in [2.24, 2.45) is 11.8 Å². The minimum absolute atomic E-state index is 0.206. The van der Waals surface area contributed by atoms with Crippen LogP contribution in [0.3, 0.4) is 0 Å². The third-order valence-electron chi connectivity index (χ3n) is 9.96. The fraction of sp³-hybridized carbons (Fsp3) is 0.647. The molecule has 6 aliphatic rings. The second-order valence-electron chi connectivity index (χ2n) is 13.6. The van der Waals surface area contributed by atoms with Gasteiger partial charge in [0.05, 0.1) is 61.4 Å². The van der Waals surface area contributed by atoms with Crippen molar-refractivity contribution >= 4 is 101 Å². The molecule has 7 rings (SSSR count). The zero-order valence-electron chi connectivity index (χ0n) is 31.3. The van der Waals surface area contributed by atoms with Gasteiger partial charge in [-0.25, -0.2) is 0 Å². The topological polar surface area (TPSA) is 81.3 Å². The molecule has 0 aliphatic carbocycles. The van der Waals surface area contributed by atoms with Gasteiger partial charge in [0, 0.05) is 67.6 Å². The van der Waals surface area contributed by atoms with Crippen molar-refractivity contribution in [3.05, 3.63) is 24.3 Å². The van der Waals surface area contributed by atoms with Gasteiger partial charge in [-0.15, -0.1) is 0 Å². The molecule has 0 N–H and O–H groups in total. The van der Waals surface area contributed by atoms with Gasteiger partial charge in [0.25, 0.3) is 0 Å². The van der Waals surface area contributed by atoms with Gasteiger partial charge >= 0.3 is 0 Å². The van der Waals surface area contributed by atoms with Crippen LogP contribution in [-0.4, -0.2) is 188 Å². The van der Waals surface area contributed by atoms with Crippen molar-refractivity contribution in [2.45, 2.75) is 12.8 Å². The van der Waals surface area contributed by atoms with Crippen LogP contribution in [0, 0.1) is 11.8 Å². The molecule has 0 unspecified atom stereocenters. The van der Waals surface area contributed by atoms with Gasteiger partial charge < -0.3 is 28.4 Å². The Hall–Kier alpha value is -2.14. The summed E-state index contributed by atoms with van der Waals surface area (Å²) in [5, 5.41) is 5.96. The van der Waals surface area contributed by atoms with Crippen molar-refractivity contribution in [2.75, 3.05) is 120 Å². The van der Waals surface area contributed by atoms with Crippen LogP contribution in [0.4, 0.5) is 0 Å². The monoisotopic (exact) mass is 858 g/mol. The van der Waals surface area contributed by atoms with Crippen molar-refractivity contribution in [1.82, 2.24) is 36.8 Å². The maximum absolute atomic E-state index is 5.95. The van der Waals surface area contributed by atoms with E-state index in [1.165, 1.54) is 10.2 Å². The molecule has 20 heteroatoms. The molecule has 6 heterocycles. The molecule has 0 amide bonds. The van der Waals surface area contributed by atoms with E-state index in [1.54, 1.807) is 0 Å². The molecule has 0 bridgehead atoms. The lowest BCUT2D eigenvalue weighted by Crippen LogP contribution is -2.55. The van der Waals surface area contributed by atoms with Crippen LogP contribution in [0.15, 0.2) is 24.3 Å². The molecular weight excluding hydrogens is 809 g/mol.